The molecule has 0 radical (unpaired) electrons. The lowest BCUT2D eigenvalue weighted by molar-refractivity contribution is 0.237. The molecule has 0 aliphatic rings. The van der Waals surface area contributed by atoms with E-state index in [4.69, 9.17) is 4.74 Å². The Hall–Kier alpha value is -2.15. The number of hydrogen-bond acceptors (Lipinski definition) is 5. The minimum absolute atomic E-state index is 0.180. The molecule has 0 fully saturated rings. The van der Waals surface area contributed by atoms with E-state index in [2.05, 4.69) is 27.5 Å². The summed E-state index contributed by atoms with van der Waals surface area (Å²) in [6.07, 6.45) is 6.12. The third-order valence-electron chi connectivity index (χ3n) is 3.20. The molecule has 118 valence electrons. The highest BCUT2D eigenvalue weighted by atomic mass is 32.1. The number of ether oxygens (including phenoxy) is 1. The van der Waals surface area contributed by atoms with Crippen molar-refractivity contribution in [3.8, 4) is 5.75 Å². The molecule has 0 aliphatic heterocycles. The van der Waals surface area contributed by atoms with E-state index in [1.54, 1.807) is 30.8 Å². The molecular weight excluding hydrogens is 300 g/mol. The number of aryl methyl sites for hydroxylation is 1. The van der Waals surface area contributed by atoms with E-state index < -0.39 is 0 Å². The van der Waals surface area contributed by atoms with Crippen LogP contribution in [0, 0.1) is 0 Å². The number of amides is 2. The van der Waals surface area contributed by atoms with Gasteiger partial charge >= 0.3 is 6.03 Å². The van der Waals surface area contributed by atoms with E-state index in [0.29, 0.717) is 12.3 Å². The number of hydrogen-bond donors (Lipinski definition) is 2. The summed E-state index contributed by atoms with van der Waals surface area (Å²) >= 11 is 1.61. The predicted molar refractivity (Wildman–Crippen MR) is 86.1 cm³/mol. The molecule has 0 spiro atoms. The zero-order chi connectivity index (χ0) is 15.9. The quantitative estimate of drug-likeness (QED) is 0.858. The minimum atomic E-state index is -0.236. The van der Waals surface area contributed by atoms with Gasteiger partial charge in [-0.1, -0.05) is 6.92 Å². The van der Waals surface area contributed by atoms with E-state index in [0.717, 1.165) is 17.0 Å². The van der Waals surface area contributed by atoms with Crippen LogP contribution in [0.25, 0.3) is 0 Å². The van der Waals surface area contributed by atoms with Gasteiger partial charge in [-0.2, -0.15) is 0 Å². The molecule has 0 aliphatic carbocycles. The molecule has 2 rings (SSSR count). The van der Waals surface area contributed by atoms with Crippen molar-refractivity contribution in [2.75, 3.05) is 7.11 Å². The van der Waals surface area contributed by atoms with Crippen LogP contribution >= 0.6 is 11.3 Å². The lowest BCUT2D eigenvalue weighted by atomic mass is 10.1. The van der Waals surface area contributed by atoms with Crippen LogP contribution in [0.3, 0.4) is 0 Å². The van der Waals surface area contributed by atoms with Gasteiger partial charge in [0.05, 0.1) is 25.9 Å². The number of methoxy groups -OCH3 is 1. The first-order valence-electron chi connectivity index (χ1n) is 7.09. The van der Waals surface area contributed by atoms with Gasteiger partial charge in [-0.15, -0.1) is 11.3 Å². The molecular formula is C15H20N4O2S. The van der Waals surface area contributed by atoms with Crippen molar-refractivity contribution in [3.05, 3.63) is 40.1 Å². The van der Waals surface area contributed by atoms with Gasteiger partial charge in [0.25, 0.3) is 0 Å². The van der Waals surface area contributed by atoms with E-state index >= 15 is 0 Å². The first-order chi connectivity index (χ1) is 10.6. The maximum absolute atomic E-state index is 12.0. The molecule has 2 heterocycles. The zero-order valence-electron chi connectivity index (χ0n) is 12.9. The van der Waals surface area contributed by atoms with Crippen LogP contribution in [0.5, 0.6) is 5.75 Å². The smallest absolute Gasteiger partial charge is 0.315 e. The second-order valence-electron chi connectivity index (χ2n) is 4.74. The largest absolute Gasteiger partial charge is 0.495 e. The molecule has 1 unspecified atom stereocenters. The summed E-state index contributed by atoms with van der Waals surface area (Å²) in [7, 11) is 1.58. The summed E-state index contributed by atoms with van der Waals surface area (Å²) < 4.78 is 5.25. The Balaban J connectivity index is 1.88. The van der Waals surface area contributed by atoms with Gasteiger partial charge in [-0.25, -0.2) is 9.78 Å². The molecule has 1 atom stereocenters. The molecule has 22 heavy (non-hydrogen) atoms. The molecule has 0 bridgehead atoms. The number of rotatable bonds is 6. The Labute approximate surface area is 133 Å². The average Bonchev–Trinajstić information content (AvgIpc) is 3.01. The van der Waals surface area contributed by atoms with E-state index in [1.165, 1.54) is 4.88 Å². The SMILES string of the molecule is CCc1cnc(CNC(=O)NC(C)c2ccncc2OC)s1. The topological polar surface area (TPSA) is 76.1 Å². The molecule has 2 aromatic rings. The first-order valence-corrected chi connectivity index (χ1v) is 7.91. The highest BCUT2D eigenvalue weighted by Gasteiger charge is 2.14. The van der Waals surface area contributed by atoms with Gasteiger partial charge in [-0.3, -0.25) is 4.98 Å². The number of aromatic nitrogens is 2. The van der Waals surface area contributed by atoms with Crippen molar-refractivity contribution >= 4 is 17.4 Å². The summed E-state index contributed by atoms with van der Waals surface area (Å²) in [6.45, 7) is 4.41. The molecule has 0 saturated heterocycles. The van der Waals surface area contributed by atoms with Gasteiger partial charge in [0.1, 0.15) is 10.8 Å². The fourth-order valence-electron chi connectivity index (χ4n) is 1.99. The predicted octanol–water partition coefficient (Wildman–Crippen LogP) is 2.67. The van der Waals surface area contributed by atoms with Crippen LogP contribution in [0.1, 0.15) is 35.3 Å². The van der Waals surface area contributed by atoms with Crippen molar-refractivity contribution in [1.82, 2.24) is 20.6 Å². The van der Waals surface area contributed by atoms with Crippen molar-refractivity contribution in [2.24, 2.45) is 0 Å². The fourth-order valence-corrected chi connectivity index (χ4v) is 2.80. The Morgan fingerprint density at radius 2 is 2.27 bits per heavy atom. The highest BCUT2D eigenvalue weighted by Crippen LogP contribution is 2.23. The van der Waals surface area contributed by atoms with E-state index in [1.807, 2.05) is 19.2 Å². The molecule has 0 saturated carbocycles. The van der Waals surface area contributed by atoms with Gasteiger partial charge in [0.2, 0.25) is 0 Å². The van der Waals surface area contributed by atoms with Crippen molar-refractivity contribution in [2.45, 2.75) is 32.9 Å². The van der Waals surface area contributed by atoms with Crippen LogP contribution < -0.4 is 15.4 Å². The van der Waals surface area contributed by atoms with Gasteiger partial charge in [0.15, 0.2) is 0 Å². The van der Waals surface area contributed by atoms with E-state index in [-0.39, 0.29) is 12.1 Å². The number of urea groups is 1. The molecule has 7 heteroatoms. The third kappa shape index (κ3) is 4.17. The second-order valence-corrected chi connectivity index (χ2v) is 5.94. The van der Waals surface area contributed by atoms with Crippen LogP contribution in [-0.2, 0) is 13.0 Å². The van der Waals surface area contributed by atoms with Crippen LogP contribution in [0.15, 0.2) is 24.7 Å². The van der Waals surface area contributed by atoms with Crippen molar-refractivity contribution in [1.29, 1.82) is 0 Å². The van der Waals surface area contributed by atoms with Gasteiger partial charge in [0, 0.05) is 22.8 Å². The number of pyridine rings is 1. The van der Waals surface area contributed by atoms with Gasteiger partial charge < -0.3 is 15.4 Å². The fraction of sp³-hybridized carbons (Fsp3) is 0.400. The van der Waals surface area contributed by atoms with Gasteiger partial charge in [-0.05, 0) is 19.4 Å². The standard InChI is InChI=1S/C15H20N4O2S/c1-4-11-7-17-14(22-11)9-18-15(20)19-10(2)12-5-6-16-8-13(12)21-3/h5-8,10H,4,9H2,1-3H3,(H2,18,19,20). The Morgan fingerprint density at radius 1 is 1.45 bits per heavy atom. The Kier molecular flexibility index (Phi) is 5.71. The number of nitrogens with zero attached hydrogens (tertiary/aromatic N) is 2. The third-order valence-corrected chi connectivity index (χ3v) is 4.34. The van der Waals surface area contributed by atoms with Crippen molar-refractivity contribution < 1.29 is 9.53 Å². The number of thiazole rings is 1. The minimum Gasteiger partial charge on any atom is -0.495 e. The number of nitrogens with one attached hydrogen (secondary N) is 2. The summed E-state index contributed by atoms with van der Waals surface area (Å²) in [5.41, 5.74) is 0.884. The van der Waals surface area contributed by atoms with E-state index in [9.17, 15) is 4.79 Å². The maximum atomic E-state index is 12.0. The molecule has 2 N–H and O–H groups in total. The molecule has 6 nitrogen and oxygen atoms in total. The first kappa shape index (κ1) is 16.2. The summed E-state index contributed by atoms with van der Waals surface area (Å²) in [5, 5.41) is 6.60. The molecule has 2 aromatic heterocycles. The molecule has 2 amide bonds. The number of carbonyl (C=O) groups excluding carboxylic acids is 1. The Morgan fingerprint density at radius 3 is 2.95 bits per heavy atom. The van der Waals surface area contributed by atoms with Crippen LogP contribution in [-0.4, -0.2) is 23.1 Å². The lowest BCUT2D eigenvalue weighted by Gasteiger charge is -2.17. The average molecular weight is 320 g/mol. The normalized spacial score (nSPS) is 11.8. The second kappa shape index (κ2) is 7.74. The monoisotopic (exact) mass is 320 g/mol. The maximum Gasteiger partial charge on any atom is 0.315 e. The van der Waals surface area contributed by atoms with Crippen molar-refractivity contribution in [3.63, 3.8) is 0 Å². The lowest BCUT2D eigenvalue weighted by Crippen LogP contribution is -2.36. The summed E-state index contributed by atoms with van der Waals surface area (Å²) in [4.78, 5) is 21.5. The van der Waals surface area contributed by atoms with Crippen LogP contribution in [0.2, 0.25) is 0 Å². The summed E-state index contributed by atoms with van der Waals surface area (Å²) in [6, 6.07) is 1.41. The molecule has 0 aromatic carbocycles. The number of carbonyl (C=O) groups is 1. The highest BCUT2D eigenvalue weighted by molar-refractivity contribution is 7.11. The Bertz CT molecular complexity index is 630. The summed E-state index contributed by atoms with van der Waals surface area (Å²) in [5.74, 6) is 0.655. The zero-order valence-corrected chi connectivity index (χ0v) is 13.7. The van der Waals surface area contributed by atoms with Crippen LogP contribution in [0.4, 0.5) is 4.79 Å².